The van der Waals surface area contributed by atoms with E-state index < -0.39 is 0 Å². The fourth-order valence-corrected chi connectivity index (χ4v) is 3.72. The Hall–Kier alpha value is -3.32. The van der Waals surface area contributed by atoms with Gasteiger partial charge in [0.25, 0.3) is 5.69 Å². The molecule has 1 fully saturated rings. The number of hydrogen-bond acceptors (Lipinski definition) is 6. The van der Waals surface area contributed by atoms with Crippen LogP contribution in [0.3, 0.4) is 0 Å². The molecule has 0 saturated carbocycles. The van der Waals surface area contributed by atoms with E-state index in [9.17, 15) is 10.1 Å². The van der Waals surface area contributed by atoms with Gasteiger partial charge in [-0.25, -0.2) is 9.97 Å². The Balaban J connectivity index is 1.33. The highest BCUT2D eigenvalue weighted by atomic mass is 16.6. The summed E-state index contributed by atoms with van der Waals surface area (Å²) in [6.45, 7) is 6.14. The van der Waals surface area contributed by atoms with Crippen molar-refractivity contribution < 1.29 is 4.92 Å². The summed E-state index contributed by atoms with van der Waals surface area (Å²) in [6.07, 6.45) is 4.65. The SMILES string of the molecule is Cc1ccc([N+](=O)[O-])cc1CN1CCN(c2ncc(Cc3ccccc3)cn2)CC1. The van der Waals surface area contributed by atoms with Crippen LogP contribution in [-0.4, -0.2) is 46.0 Å². The molecule has 3 aromatic rings. The molecule has 1 saturated heterocycles. The Morgan fingerprint density at radius 2 is 1.67 bits per heavy atom. The first-order chi connectivity index (χ1) is 14.6. The Labute approximate surface area is 176 Å². The third kappa shape index (κ3) is 4.80. The number of anilines is 1. The number of non-ortho nitro benzene ring substituents is 1. The van der Waals surface area contributed by atoms with Crippen LogP contribution in [0.5, 0.6) is 0 Å². The van der Waals surface area contributed by atoms with Gasteiger partial charge < -0.3 is 4.90 Å². The Morgan fingerprint density at radius 1 is 0.967 bits per heavy atom. The van der Waals surface area contributed by atoms with E-state index in [0.29, 0.717) is 0 Å². The smallest absolute Gasteiger partial charge is 0.269 e. The Morgan fingerprint density at radius 3 is 2.33 bits per heavy atom. The van der Waals surface area contributed by atoms with Crippen LogP contribution in [0.4, 0.5) is 11.6 Å². The van der Waals surface area contributed by atoms with Gasteiger partial charge in [-0.1, -0.05) is 36.4 Å². The normalized spacial score (nSPS) is 14.6. The molecule has 0 amide bonds. The summed E-state index contributed by atoms with van der Waals surface area (Å²) >= 11 is 0. The van der Waals surface area contributed by atoms with Crippen molar-refractivity contribution in [2.75, 3.05) is 31.1 Å². The molecule has 0 bridgehead atoms. The van der Waals surface area contributed by atoms with Gasteiger partial charge in [0.1, 0.15) is 0 Å². The predicted molar refractivity (Wildman–Crippen MR) is 117 cm³/mol. The predicted octanol–water partition coefficient (Wildman–Crippen LogP) is 3.61. The molecular formula is C23H25N5O2. The quantitative estimate of drug-likeness (QED) is 0.462. The summed E-state index contributed by atoms with van der Waals surface area (Å²) in [4.78, 5) is 24.4. The zero-order valence-electron chi connectivity index (χ0n) is 17.1. The van der Waals surface area contributed by atoms with Crippen molar-refractivity contribution in [3.05, 3.63) is 93.3 Å². The van der Waals surface area contributed by atoms with Gasteiger partial charge >= 0.3 is 0 Å². The van der Waals surface area contributed by atoms with Crippen molar-refractivity contribution in [2.45, 2.75) is 19.9 Å². The Kier molecular flexibility index (Phi) is 5.99. The third-order valence-corrected chi connectivity index (χ3v) is 5.54. The number of nitro benzene ring substituents is 1. The average molecular weight is 403 g/mol. The summed E-state index contributed by atoms with van der Waals surface area (Å²) in [5, 5.41) is 11.1. The summed E-state index contributed by atoms with van der Waals surface area (Å²) in [6, 6.07) is 15.4. The molecule has 30 heavy (non-hydrogen) atoms. The van der Waals surface area contributed by atoms with Gasteiger partial charge in [0.2, 0.25) is 5.95 Å². The number of nitrogens with zero attached hydrogens (tertiary/aromatic N) is 5. The molecule has 0 aliphatic carbocycles. The minimum atomic E-state index is -0.334. The molecule has 0 unspecified atom stereocenters. The van der Waals surface area contributed by atoms with Gasteiger partial charge in [0.05, 0.1) is 4.92 Å². The van der Waals surface area contributed by atoms with Gasteiger partial charge in [0.15, 0.2) is 0 Å². The number of nitro groups is 1. The number of rotatable bonds is 6. The van der Waals surface area contributed by atoms with Crippen molar-refractivity contribution in [1.29, 1.82) is 0 Å². The molecule has 154 valence electrons. The molecule has 2 aromatic carbocycles. The lowest BCUT2D eigenvalue weighted by molar-refractivity contribution is -0.384. The second-order valence-corrected chi connectivity index (χ2v) is 7.68. The molecule has 0 spiro atoms. The van der Waals surface area contributed by atoms with Crippen LogP contribution in [0.2, 0.25) is 0 Å². The lowest BCUT2D eigenvalue weighted by Crippen LogP contribution is -2.46. The molecule has 1 aromatic heterocycles. The van der Waals surface area contributed by atoms with E-state index in [0.717, 1.165) is 61.8 Å². The van der Waals surface area contributed by atoms with Crippen molar-refractivity contribution in [2.24, 2.45) is 0 Å². The molecular weight excluding hydrogens is 378 g/mol. The van der Waals surface area contributed by atoms with Gasteiger partial charge in [-0.15, -0.1) is 0 Å². The van der Waals surface area contributed by atoms with E-state index in [4.69, 9.17) is 0 Å². The molecule has 7 heteroatoms. The second kappa shape index (κ2) is 9.00. The van der Waals surface area contributed by atoms with Crippen molar-refractivity contribution in [3.8, 4) is 0 Å². The van der Waals surface area contributed by atoms with Crippen LogP contribution in [0.25, 0.3) is 0 Å². The largest absolute Gasteiger partial charge is 0.338 e. The minimum Gasteiger partial charge on any atom is -0.338 e. The monoisotopic (exact) mass is 403 g/mol. The van der Waals surface area contributed by atoms with Gasteiger partial charge in [-0.2, -0.15) is 0 Å². The van der Waals surface area contributed by atoms with Crippen LogP contribution in [0.15, 0.2) is 60.9 Å². The first kappa shape index (κ1) is 20.0. The first-order valence-corrected chi connectivity index (χ1v) is 10.1. The van der Waals surface area contributed by atoms with E-state index in [1.165, 1.54) is 5.56 Å². The summed E-state index contributed by atoms with van der Waals surface area (Å²) in [7, 11) is 0. The van der Waals surface area contributed by atoms with E-state index in [1.54, 1.807) is 12.1 Å². The summed E-state index contributed by atoms with van der Waals surface area (Å²) < 4.78 is 0. The van der Waals surface area contributed by atoms with Crippen molar-refractivity contribution in [3.63, 3.8) is 0 Å². The number of piperazine rings is 1. The summed E-state index contributed by atoms with van der Waals surface area (Å²) in [5.74, 6) is 0.762. The molecule has 2 heterocycles. The van der Waals surface area contributed by atoms with Crippen LogP contribution < -0.4 is 4.90 Å². The van der Waals surface area contributed by atoms with Crippen LogP contribution in [-0.2, 0) is 13.0 Å². The highest BCUT2D eigenvalue weighted by Gasteiger charge is 2.20. The zero-order valence-corrected chi connectivity index (χ0v) is 17.1. The number of aromatic nitrogens is 2. The number of aryl methyl sites for hydroxylation is 1. The van der Waals surface area contributed by atoms with Crippen LogP contribution >= 0.6 is 0 Å². The average Bonchev–Trinajstić information content (AvgIpc) is 2.77. The number of benzene rings is 2. The van der Waals surface area contributed by atoms with Crippen LogP contribution in [0, 0.1) is 17.0 Å². The van der Waals surface area contributed by atoms with E-state index >= 15 is 0 Å². The lowest BCUT2D eigenvalue weighted by atomic mass is 10.1. The second-order valence-electron chi connectivity index (χ2n) is 7.68. The first-order valence-electron chi connectivity index (χ1n) is 10.1. The Bertz CT molecular complexity index is 1000. The number of hydrogen-bond donors (Lipinski definition) is 0. The third-order valence-electron chi connectivity index (χ3n) is 5.54. The van der Waals surface area contributed by atoms with E-state index in [-0.39, 0.29) is 10.6 Å². The maximum atomic E-state index is 11.1. The van der Waals surface area contributed by atoms with E-state index in [1.807, 2.05) is 43.6 Å². The van der Waals surface area contributed by atoms with Crippen LogP contribution in [0.1, 0.15) is 22.3 Å². The molecule has 1 aliphatic heterocycles. The summed E-state index contributed by atoms with van der Waals surface area (Å²) in [5.41, 5.74) is 4.60. The molecule has 1 aliphatic rings. The highest BCUT2D eigenvalue weighted by Crippen LogP contribution is 2.20. The molecule has 7 nitrogen and oxygen atoms in total. The van der Waals surface area contributed by atoms with Gasteiger partial charge in [-0.05, 0) is 29.2 Å². The van der Waals surface area contributed by atoms with E-state index in [2.05, 4.69) is 31.9 Å². The highest BCUT2D eigenvalue weighted by molar-refractivity contribution is 5.39. The fraction of sp³-hybridized carbons (Fsp3) is 0.304. The molecule has 0 radical (unpaired) electrons. The van der Waals surface area contributed by atoms with Crippen molar-refractivity contribution >= 4 is 11.6 Å². The topological polar surface area (TPSA) is 75.4 Å². The fourth-order valence-electron chi connectivity index (χ4n) is 3.72. The maximum Gasteiger partial charge on any atom is 0.269 e. The molecule has 0 N–H and O–H groups in total. The molecule has 0 atom stereocenters. The zero-order chi connectivity index (χ0) is 20.9. The molecule has 4 rings (SSSR count). The standard InChI is InChI=1S/C23H25N5O2/c1-18-7-8-22(28(29)30)14-21(18)17-26-9-11-27(12-10-26)23-24-15-20(16-25-23)13-19-5-3-2-4-6-19/h2-8,14-16H,9-13,17H2,1H3. The lowest BCUT2D eigenvalue weighted by Gasteiger charge is -2.34. The van der Waals surface area contributed by atoms with Gasteiger partial charge in [-0.3, -0.25) is 15.0 Å². The van der Waals surface area contributed by atoms with Crippen molar-refractivity contribution in [1.82, 2.24) is 14.9 Å². The van der Waals surface area contributed by atoms with Gasteiger partial charge in [0, 0.05) is 63.7 Å². The minimum absolute atomic E-state index is 0.151. The maximum absolute atomic E-state index is 11.1.